The third-order valence-electron chi connectivity index (χ3n) is 6.33. The third-order valence-corrected chi connectivity index (χ3v) is 6.33. The van der Waals surface area contributed by atoms with Gasteiger partial charge in [0.1, 0.15) is 11.3 Å². The molecule has 2 aromatic heterocycles. The summed E-state index contributed by atoms with van der Waals surface area (Å²) in [6.45, 7) is 4.15. The molecule has 29 heavy (non-hydrogen) atoms. The molecule has 2 aromatic carbocycles. The Labute approximate surface area is 170 Å². The molecule has 4 nitrogen and oxygen atoms in total. The number of aromatic nitrogens is 3. The Kier molecular flexibility index (Phi) is 3.73. The minimum Gasteiger partial charge on any atom is -0.355 e. The van der Waals surface area contributed by atoms with Gasteiger partial charge in [-0.05, 0) is 72.6 Å². The molecule has 0 saturated carbocycles. The molecule has 3 heterocycles. The van der Waals surface area contributed by atoms with Gasteiger partial charge in [-0.3, -0.25) is 0 Å². The molecule has 1 fully saturated rings. The molecule has 4 aromatic rings. The van der Waals surface area contributed by atoms with E-state index in [1.165, 1.54) is 47.1 Å². The zero-order valence-electron chi connectivity index (χ0n) is 16.7. The van der Waals surface area contributed by atoms with Crippen LogP contribution in [0.15, 0.2) is 48.5 Å². The predicted octanol–water partition coefficient (Wildman–Crippen LogP) is 5.49. The van der Waals surface area contributed by atoms with Crippen molar-refractivity contribution in [3.8, 4) is 22.4 Å². The Morgan fingerprint density at radius 1 is 0.862 bits per heavy atom. The van der Waals surface area contributed by atoms with Gasteiger partial charge in [0, 0.05) is 18.8 Å². The summed E-state index contributed by atoms with van der Waals surface area (Å²) in [5.74, 6) is 1.90. The van der Waals surface area contributed by atoms with Gasteiger partial charge in [0.05, 0.1) is 5.52 Å². The molecule has 144 valence electrons. The Bertz CT molecular complexity index is 1230. The van der Waals surface area contributed by atoms with Crippen LogP contribution in [0.2, 0.25) is 0 Å². The molecule has 4 heteroatoms. The quantitative estimate of drug-likeness (QED) is 0.440. The number of hydrogen-bond donors (Lipinski definition) is 1. The highest BCUT2D eigenvalue weighted by molar-refractivity contribution is 5.91. The highest BCUT2D eigenvalue weighted by atomic mass is 15.2. The van der Waals surface area contributed by atoms with Crippen molar-refractivity contribution in [2.75, 3.05) is 18.0 Å². The lowest BCUT2D eigenvalue weighted by atomic mass is 10.0. The maximum Gasteiger partial charge on any atom is 0.156 e. The van der Waals surface area contributed by atoms with Crippen molar-refractivity contribution in [2.24, 2.45) is 0 Å². The van der Waals surface area contributed by atoms with Crippen LogP contribution in [0.4, 0.5) is 5.82 Å². The van der Waals surface area contributed by atoms with Crippen molar-refractivity contribution in [3.63, 3.8) is 0 Å². The number of nitrogens with zero attached hydrogens (tertiary/aromatic N) is 3. The van der Waals surface area contributed by atoms with E-state index in [0.717, 1.165) is 47.9 Å². The van der Waals surface area contributed by atoms with Gasteiger partial charge < -0.3 is 9.88 Å². The normalized spacial score (nSPS) is 15.6. The second kappa shape index (κ2) is 6.45. The van der Waals surface area contributed by atoms with Crippen LogP contribution in [0.5, 0.6) is 0 Å². The fourth-order valence-electron chi connectivity index (χ4n) is 4.91. The lowest BCUT2D eigenvalue weighted by Crippen LogP contribution is -2.30. The van der Waals surface area contributed by atoms with E-state index < -0.39 is 0 Å². The topological polar surface area (TPSA) is 44.8 Å². The van der Waals surface area contributed by atoms with Gasteiger partial charge in [0.2, 0.25) is 0 Å². The van der Waals surface area contributed by atoms with Crippen LogP contribution >= 0.6 is 0 Å². The molecule has 1 saturated heterocycles. The predicted molar refractivity (Wildman–Crippen MR) is 118 cm³/mol. The summed E-state index contributed by atoms with van der Waals surface area (Å²) in [6.07, 6.45) is 4.81. The second-order valence-corrected chi connectivity index (χ2v) is 8.29. The highest BCUT2D eigenvalue weighted by Gasteiger charge is 2.21. The van der Waals surface area contributed by atoms with E-state index in [-0.39, 0.29) is 0 Å². The molecule has 0 unspecified atom stereocenters. The van der Waals surface area contributed by atoms with Gasteiger partial charge in [-0.25, -0.2) is 9.97 Å². The van der Waals surface area contributed by atoms with Crippen LogP contribution in [0.25, 0.3) is 33.4 Å². The number of anilines is 1. The number of benzene rings is 2. The summed E-state index contributed by atoms with van der Waals surface area (Å²) in [6, 6.07) is 17.7. The summed E-state index contributed by atoms with van der Waals surface area (Å²) >= 11 is 0. The average Bonchev–Trinajstić information content (AvgIpc) is 3.34. The molecule has 6 rings (SSSR count). The van der Waals surface area contributed by atoms with Crippen LogP contribution in [-0.4, -0.2) is 28.0 Å². The molecule has 1 N–H and O–H groups in total. The summed E-state index contributed by atoms with van der Waals surface area (Å²) < 4.78 is 0. The van der Waals surface area contributed by atoms with Gasteiger partial charge in [-0.2, -0.15) is 0 Å². The summed E-state index contributed by atoms with van der Waals surface area (Å²) in [5, 5.41) is 0. The molecule has 0 radical (unpaired) electrons. The Hall–Kier alpha value is -3.14. The molecule has 2 aliphatic rings. The van der Waals surface area contributed by atoms with E-state index in [1.807, 2.05) is 6.92 Å². The van der Waals surface area contributed by atoms with Crippen LogP contribution in [0, 0.1) is 6.92 Å². The zero-order valence-corrected chi connectivity index (χ0v) is 16.7. The molecule has 0 spiro atoms. The van der Waals surface area contributed by atoms with E-state index in [0.29, 0.717) is 0 Å². The molecule has 0 atom stereocenters. The Morgan fingerprint density at radius 3 is 2.59 bits per heavy atom. The monoisotopic (exact) mass is 380 g/mol. The number of aromatic amines is 1. The Morgan fingerprint density at radius 2 is 1.69 bits per heavy atom. The number of rotatable bonds is 2. The standard InChI is InChI=1S/C25H24N4/c1-16-26-23-15-22(28-24(23)25(27-16)29-11-5-2-6-12-29)18-9-10-21-19(14-18)13-17-7-3-4-8-20(17)21/h3-4,7-10,14-15,28H,2,5-6,11-13H2,1H3. The molecule has 0 amide bonds. The number of H-pyrrole nitrogens is 1. The van der Waals surface area contributed by atoms with E-state index in [2.05, 4.69) is 58.4 Å². The SMILES string of the molecule is Cc1nc(N2CCCCC2)c2[nH]c(-c3ccc4c(c3)Cc3ccccc3-4)cc2n1. The first-order valence-corrected chi connectivity index (χ1v) is 10.6. The van der Waals surface area contributed by atoms with Crippen molar-refractivity contribution >= 4 is 16.9 Å². The van der Waals surface area contributed by atoms with Gasteiger partial charge >= 0.3 is 0 Å². The average molecular weight is 380 g/mol. The van der Waals surface area contributed by atoms with Crippen LogP contribution < -0.4 is 4.90 Å². The van der Waals surface area contributed by atoms with Crippen LogP contribution in [-0.2, 0) is 6.42 Å². The highest BCUT2D eigenvalue weighted by Crippen LogP contribution is 2.39. The lowest BCUT2D eigenvalue weighted by Gasteiger charge is -2.28. The van der Waals surface area contributed by atoms with Gasteiger partial charge in [0.25, 0.3) is 0 Å². The first-order valence-electron chi connectivity index (χ1n) is 10.6. The fraction of sp³-hybridized carbons (Fsp3) is 0.280. The van der Waals surface area contributed by atoms with Crippen LogP contribution in [0.1, 0.15) is 36.2 Å². The first kappa shape index (κ1) is 16.8. The number of aryl methyl sites for hydroxylation is 1. The van der Waals surface area contributed by atoms with Gasteiger partial charge in [-0.1, -0.05) is 36.4 Å². The van der Waals surface area contributed by atoms with Gasteiger partial charge in [0.15, 0.2) is 5.82 Å². The summed E-state index contributed by atoms with van der Waals surface area (Å²) in [7, 11) is 0. The van der Waals surface area contributed by atoms with Crippen molar-refractivity contribution in [1.82, 2.24) is 15.0 Å². The molecular formula is C25H24N4. The summed E-state index contributed by atoms with van der Waals surface area (Å²) in [4.78, 5) is 15.6. The number of fused-ring (bicyclic) bond motifs is 4. The van der Waals surface area contributed by atoms with E-state index >= 15 is 0 Å². The third kappa shape index (κ3) is 2.74. The second-order valence-electron chi connectivity index (χ2n) is 8.29. The van der Waals surface area contributed by atoms with Crippen molar-refractivity contribution < 1.29 is 0 Å². The minimum atomic E-state index is 0.841. The van der Waals surface area contributed by atoms with E-state index in [1.54, 1.807) is 0 Å². The largest absolute Gasteiger partial charge is 0.355 e. The molecule has 1 aliphatic heterocycles. The molecule has 1 aliphatic carbocycles. The van der Waals surface area contributed by atoms with E-state index in [9.17, 15) is 0 Å². The number of nitrogens with one attached hydrogen (secondary N) is 1. The fourth-order valence-corrected chi connectivity index (χ4v) is 4.91. The zero-order chi connectivity index (χ0) is 19.4. The number of hydrogen-bond acceptors (Lipinski definition) is 3. The van der Waals surface area contributed by atoms with Crippen molar-refractivity contribution in [3.05, 3.63) is 65.5 Å². The Balaban J connectivity index is 1.43. The molecule has 0 bridgehead atoms. The molecular weight excluding hydrogens is 356 g/mol. The lowest BCUT2D eigenvalue weighted by molar-refractivity contribution is 0.574. The number of piperidine rings is 1. The van der Waals surface area contributed by atoms with Crippen molar-refractivity contribution in [2.45, 2.75) is 32.6 Å². The smallest absolute Gasteiger partial charge is 0.156 e. The minimum absolute atomic E-state index is 0.841. The first-order chi connectivity index (χ1) is 14.3. The maximum absolute atomic E-state index is 4.80. The maximum atomic E-state index is 4.80. The van der Waals surface area contributed by atoms with Crippen LogP contribution in [0.3, 0.4) is 0 Å². The summed E-state index contributed by atoms with van der Waals surface area (Å²) in [5.41, 5.74) is 9.98. The van der Waals surface area contributed by atoms with Gasteiger partial charge in [-0.15, -0.1) is 0 Å². The van der Waals surface area contributed by atoms with E-state index in [4.69, 9.17) is 9.97 Å². The van der Waals surface area contributed by atoms with Crippen molar-refractivity contribution in [1.29, 1.82) is 0 Å².